The Morgan fingerprint density at radius 1 is 0.645 bits per heavy atom. The number of carbonyl (C=O) groups excluding carboxylic acids is 7. The zero-order chi connectivity index (χ0) is 22.9. The summed E-state index contributed by atoms with van der Waals surface area (Å²) in [7, 11) is 3.87. The highest BCUT2D eigenvalue weighted by atomic mass is 32.1. The summed E-state index contributed by atoms with van der Waals surface area (Å²) in [5.74, 6) is -5.23. The molecule has 0 N–H and O–H groups in total. The van der Waals surface area contributed by atoms with Crippen LogP contribution in [-0.4, -0.2) is 110 Å². The monoisotopic (exact) mass is 449 g/mol. The molecule has 0 aliphatic carbocycles. The van der Waals surface area contributed by atoms with E-state index >= 15 is 0 Å². The van der Waals surface area contributed by atoms with Crippen molar-refractivity contribution in [1.82, 2.24) is 24.5 Å². The zero-order valence-electron chi connectivity index (χ0n) is 16.9. The average molecular weight is 449 g/mol. The van der Waals surface area contributed by atoms with E-state index in [1.54, 1.807) is 0 Å². The van der Waals surface area contributed by atoms with Crippen molar-refractivity contribution >= 4 is 58.7 Å². The van der Waals surface area contributed by atoms with E-state index in [0.29, 0.717) is 0 Å². The third kappa shape index (κ3) is 2.79. The molecule has 4 aliphatic heterocycles. The van der Waals surface area contributed by atoms with Crippen LogP contribution in [0, 0.1) is 5.92 Å². The van der Waals surface area contributed by atoms with E-state index in [1.807, 2.05) is 0 Å². The van der Waals surface area contributed by atoms with Gasteiger partial charge in [0.1, 0.15) is 18.1 Å². The van der Waals surface area contributed by atoms with Gasteiger partial charge in [-0.05, 0) is 12.2 Å². The van der Waals surface area contributed by atoms with Crippen LogP contribution < -0.4 is 0 Å². The molecule has 0 spiro atoms. The molecular formula is C18H19N5O7S. The number of rotatable bonds is 3. The number of nitrogens with zero attached hydrogens (tertiary/aromatic N) is 5. The molecule has 7 amide bonds. The van der Waals surface area contributed by atoms with Crippen LogP contribution in [0.2, 0.25) is 0 Å². The number of likely N-dealkylation sites (tertiary alicyclic amines) is 3. The number of carbonyl (C=O) groups is 7. The first-order chi connectivity index (χ1) is 14.5. The first-order valence-corrected chi connectivity index (χ1v) is 9.94. The Balaban J connectivity index is 1.77. The van der Waals surface area contributed by atoms with Gasteiger partial charge >= 0.3 is 0 Å². The minimum atomic E-state index is -1.34. The molecule has 0 aromatic carbocycles. The van der Waals surface area contributed by atoms with E-state index in [4.69, 9.17) is 12.2 Å². The standard InChI is InChI=1S/C18H19N5O7S/c1-19-10(24)4-7(14(19)27)13-17(30)23(9-6-12(26)21(3)16(9)29)18(31)22(13)8-5-11(25)20(2)15(8)28/h7-9,13H,4-6H2,1-3H3. The molecule has 4 aliphatic rings. The summed E-state index contributed by atoms with van der Waals surface area (Å²) in [5.41, 5.74) is 0. The number of imide groups is 3. The van der Waals surface area contributed by atoms with Crippen LogP contribution in [-0.2, 0) is 33.6 Å². The largest absolute Gasteiger partial charge is 0.323 e. The Morgan fingerprint density at radius 2 is 1.10 bits per heavy atom. The molecule has 164 valence electrons. The molecule has 4 unspecified atom stereocenters. The van der Waals surface area contributed by atoms with Crippen molar-refractivity contribution in [3.63, 3.8) is 0 Å². The predicted octanol–water partition coefficient (Wildman–Crippen LogP) is -2.70. The molecule has 4 rings (SSSR count). The lowest BCUT2D eigenvalue weighted by molar-refractivity contribution is -0.143. The maximum Gasteiger partial charge on any atom is 0.253 e. The van der Waals surface area contributed by atoms with Crippen LogP contribution in [0.4, 0.5) is 0 Å². The number of thiocarbonyl (C=S) groups is 1. The molecular weight excluding hydrogens is 430 g/mol. The third-order valence-electron chi connectivity index (χ3n) is 6.38. The van der Waals surface area contributed by atoms with Gasteiger partial charge < -0.3 is 4.90 Å². The molecule has 4 fully saturated rings. The normalized spacial score (nSPS) is 32.2. The number of amides is 7. The first-order valence-electron chi connectivity index (χ1n) is 9.54. The van der Waals surface area contributed by atoms with Gasteiger partial charge in [-0.3, -0.25) is 53.2 Å². The van der Waals surface area contributed by atoms with Gasteiger partial charge in [0.25, 0.3) is 17.7 Å². The van der Waals surface area contributed by atoms with Gasteiger partial charge in [0, 0.05) is 27.6 Å². The molecule has 12 nitrogen and oxygen atoms in total. The topological polar surface area (TPSA) is 136 Å². The highest BCUT2D eigenvalue weighted by molar-refractivity contribution is 7.80. The van der Waals surface area contributed by atoms with Crippen molar-refractivity contribution in [3.8, 4) is 0 Å². The second-order valence-electron chi connectivity index (χ2n) is 7.97. The molecule has 0 saturated carbocycles. The predicted molar refractivity (Wildman–Crippen MR) is 103 cm³/mol. The molecule has 0 radical (unpaired) electrons. The highest BCUT2D eigenvalue weighted by Crippen LogP contribution is 2.37. The van der Waals surface area contributed by atoms with Crippen molar-refractivity contribution in [1.29, 1.82) is 0 Å². The third-order valence-corrected chi connectivity index (χ3v) is 6.79. The summed E-state index contributed by atoms with van der Waals surface area (Å²) < 4.78 is 0. The summed E-state index contributed by atoms with van der Waals surface area (Å²) >= 11 is 5.44. The molecule has 4 saturated heterocycles. The maximum atomic E-state index is 13.5. The number of likely N-dealkylation sites (N-methyl/N-ethyl adjacent to an activating group) is 2. The number of hydrogen-bond donors (Lipinski definition) is 0. The van der Waals surface area contributed by atoms with E-state index in [2.05, 4.69) is 0 Å². The summed E-state index contributed by atoms with van der Waals surface area (Å²) in [6, 6.07) is -3.70. The molecule has 4 atom stereocenters. The van der Waals surface area contributed by atoms with E-state index in [1.165, 1.54) is 26.0 Å². The smallest absolute Gasteiger partial charge is 0.253 e. The second kappa shape index (κ2) is 6.90. The van der Waals surface area contributed by atoms with Crippen molar-refractivity contribution in [2.24, 2.45) is 5.92 Å². The second-order valence-corrected chi connectivity index (χ2v) is 8.33. The van der Waals surface area contributed by atoms with Crippen molar-refractivity contribution < 1.29 is 33.6 Å². The maximum absolute atomic E-state index is 13.5. The number of hydrogen-bond acceptors (Lipinski definition) is 8. The summed E-state index contributed by atoms with van der Waals surface area (Å²) in [6.45, 7) is 0. The van der Waals surface area contributed by atoms with Gasteiger partial charge in [0.05, 0.1) is 18.8 Å². The Kier molecular flexibility index (Phi) is 4.68. The molecule has 13 heteroatoms. The van der Waals surface area contributed by atoms with Gasteiger partial charge in [-0.15, -0.1) is 0 Å². The SMILES string of the molecule is CN1C(=O)CC(C2C(=O)N(C3CC(=O)N(C)C3=O)C(=S)N2C2CC(=O)N(C)C2=O)C1=O. The van der Waals surface area contributed by atoms with E-state index in [0.717, 1.165) is 19.6 Å². The van der Waals surface area contributed by atoms with Gasteiger partial charge in [0.2, 0.25) is 23.6 Å². The lowest BCUT2D eigenvalue weighted by Crippen LogP contribution is -2.51. The van der Waals surface area contributed by atoms with Crippen molar-refractivity contribution in [3.05, 3.63) is 0 Å². The quantitative estimate of drug-likeness (QED) is 0.333. The van der Waals surface area contributed by atoms with Gasteiger partial charge in [-0.2, -0.15) is 0 Å². The fourth-order valence-electron chi connectivity index (χ4n) is 4.50. The van der Waals surface area contributed by atoms with Crippen molar-refractivity contribution in [2.45, 2.75) is 37.4 Å². The summed E-state index contributed by atoms with van der Waals surface area (Å²) in [5, 5.41) is -0.215. The van der Waals surface area contributed by atoms with Crippen LogP contribution >= 0.6 is 12.2 Å². The van der Waals surface area contributed by atoms with Gasteiger partial charge in [-0.25, -0.2) is 0 Å². The van der Waals surface area contributed by atoms with Crippen LogP contribution in [0.25, 0.3) is 0 Å². The summed E-state index contributed by atoms with van der Waals surface area (Å²) in [4.78, 5) is 92.5. The Hall–Kier alpha value is -3.22. The fourth-order valence-corrected chi connectivity index (χ4v) is 4.96. The Bertz CT molecular complexity index is 938. The van der Waals surface area contributed by atoms with Gasteiger partial charge in [-0.1, -0.05) is 0 Å². The van der Waals surface area contributed by atoms with E-state index in [9.17, 15) is 33.6 Å². The highest BCUT2D eigenvalue weighted by Gasteiger charge is 2.60. The van der Waals surface area contributed by atoms with Crippen LogP contribution in [0.15, 0.2) is 0 Å². The van der Waals surface area contributed by atoms with Crippen LogP contribution in [0.1, 0.15) is 19.3 Å². The minimum absolute atomic E-state index is 0.215. The summed E-state index contributed by atoms with van der Waals surface area (Å²) in [6.07, 6.45) is -0.841. The first kappa shape index (κ1) is 21.0. The Labute approximate surface area is 181 Å². The molecule has 0 bridgehead atoms. The zero-order valence-corrected chi connectivity index (χ0v) is 17.7. The van der Waals surface area contributed by atoms with Crippen molar-refractivity contribution in [2.75, 3.05) is 21.1 Å². The van der Waals surface area contributed by atoms with Crippen LogP contribution in [0.3, 0.4) is 0 Å². The van der Waals surface area contributed by atoms with E-state index in [-0.39, 0.29) is 24.4 Å². The Morgan fingerprint density at radius 3 is 1.52 bits per heavy atom. The van der Waals surface area contributed by atoms with Gasteiger partial charge in [0.15, 0.2) is 5.11 Å². The fraction of sp³-hybridized carbons (Fsp3) is 0.556. The lowest BCUT2D eigenvalue weighted by atomic mass is 9.95. The van der Waals surface area contributed by atoms with Crippen LogP contribution in [0.5, 0.6) is 0 Å². The molecule has 0 aromatic rings. The van der Waals surface area contributed by atoms with E-state index < -0.39 is 65.4 Å². The minimum Gasteiger partial charge on any atom is -0.323 e. The lowest BCUT2D eigenvalue weighted by Gasteiger charge is -2.30. The average Bonchev–Trinajstić information content (AvgIpc) is 3.32. The molecule has 31 heavy (non-hydrogen) atoms. The molecule has 0 aromatic heterocycles. The molecule has 4 heterocycles.